The largest absolute Gasteiger partial charge is 0.311 e. The molecule has 0 aliphatic carbocycles. The molecule has 0 aliphatic rings. The van der Waals surface area contributed by atoms with Gasteiger partial charge >= 0.3 is 0 Å². The molecule has 0 radical (unpaired) electrons. The van der Waals surface area contributed by atoms with Gasteiger partial charge in [-0.1, -0.05) is 30.3 Å². The number of benzene rings is 2. The summed E-state index contributed by atoms with van der Waals surface area (Å²) in [6, 6.07) is 15.7. The third-order valence-corrected chi connectivity index (χ3v) is 3.36. The van der Waals surface area contributed by atoms with E-state index in [0.29, 0.717) is 10.9 Å². The number of pyridine rings is 1. The highest BCUT2D eigenvalue weighted by molar-refractivity contribution is 6.07. The van der Waals surface area contributed by atoms with Crippen LogP contribution in [0.4, 0.5) is 10.1 Å². The lowest BCUT2D eigenvalue weighted by Gasteiger charge is -2.17. The zero-order valence-corrected chi connectivity index (χ0v) is 11.5. The zero-order chi connectivity index (χ0) is 14.8. The van der Waals surface area contributed by atoms with Crippen molar-refractivity contribution < 1.29 is 9.18 Å². The second-order valence-corrected chi connectivity index (χ2v) is 4.74. The van der Waals surface area contributed by atoms with Gasteiger partial charge in [0.25, 0.3) is 5.91 Å². The number of halogens is 1. The molecule has 1 heterocycles. The third kappa shape index (κ3) is 2.48. The number of fused-ring (bicyclic) bond motifs is 1. The van der Waals surface area contributed by atoms with Gasteiger partial charge in [-0.3, -0.25) is 9.78 Å². The van der Waals surface area contributed by atoms with Gasteiger partial charge in [-0.2, -0.15) is 0 Å². The van der Waals surface area contributed by atoms with Crippen LogP contribution in [0, 0.1) is 5.82 Å². The Kier molecular flexibility index (Phi) is 3.36. The van der Waals surface area contributed by atoms with Crippen LogP contribution < -0.4 is 4.90 Å². The second kappa shape index (κ2) is 5.32. The van der Waals surface area contributed by atoms with Gasteiger partial charge in [0.2, 0.25) is 0 Å². The molecule has 104 valence electrons. The van der Waals surface area contributed by atoms with Crippen molar-refractivity contribution in [2.75, 3.05) is 11.9 Å². The summed E-state index contributed by atoms with van der Waals surface area (Å²) in [4.78, 5) is 18.1. The molecule has 0 saturated heterocycles. The van der Waals surface area contributed by atoms with Gasteiger partial charge in [-0.15, -0.1) is 0 Å². The van der Waals surface area contributed by atoms with Gasteiger partial charge < -0.3 is 4.90 Å². The number of carbonyl (C=O) groups is 1. The van der Waals surface area contributed by atoms with E-state index in [-0.39, 0.29) is 17.2 Å². The van der Waals surface area contributed by atoms with E-state index in [4.69, 9.17) is 0 Å². The van der Waals surface area contributed by atoms with Crippen LogP contribution in [0.5, 0.6) is 0 Å². The van der Waals surface area contributed by atoms with E-state index in [1.54, 1.807) is 30.1 Å². The summed E-state index contributed by atoms with van der Waals surface area (Å²) in [6.07, 6.45) is 1.41. The molecule has 0 aliphatic heterocycles. The topological polar surface area (TPSA) is 33.2 Å². The van der Waals surface area contributed by atoms with E-state index >= 15 is 0 Å². The average Bonchev–Trinajstić information content (AvgIpc) is 2.54. The van der Waals surface area contributed by atoms with Crippen LogP contribution in [-0.4, -0.2) is 17.9 Å². The van der Waals surface area contributed by atoms with Crippen LogP contribution >= 0.6 is 0 Å². The van der Waals surface area contributed by atoms with Gasteiger partial charge in [0.05, 0.1) is 5.56 Å². The Morgan fingerprint density at radius 3 is 2.62 bits per heavy atom. The van der Waals surface area contributed by atoms with Crippen molar-refractivity contribution >= 4 is 22.5 Å². The SMILES string of the molecule is CN(C(=O)c1cnc2c(F)cccc2c1)c1ccccc1. The number of para-hydroxylation sites is 2. The molecule has 0 bridgehead atoms. The molecule has 3 nitrogen and oxygen atoms in total. The van der Waals surface area contributed by atoms with Crippen LogP contribution in [0.3, 0.4) is 0 Å². The molecule has 3 aromatic rings. The van der Waals surface area contributed by atoms with E-state index in [1.807, 2.05) is 30.3 Å². The Balaban J connectivity index is 1.98. The van der Waals surface area contributed by atoms with E-state index in [0.717, 1.165) is 5.69 Å². The predicted octanol–water partition coefficient (Wildman–Crippen LogP) is 3.65. The van der Waals surface area contributed by atoms with Crippen molar-refractivity contribution in [1.82, 2.24) is 4.98 Å². The Hall–Kier alpha value is -2.75. The molecule has 3 rings (SSSR count). The van der Waals surface area contributed by atoms with E-state index in [1.165, 1.54) is 12.3 Å². The minimum absolute atomic E-state index is 0.181. The molecule has 4 heteroatoms. The van der Waals surface area contributed by atoms with Crippen LogP contribution in [0.2, 0.25) is 0 Å². The Bertz CT molecular complexity index is 802. The number of anilines is 1. The number of carbonyl (C=O) groups excluding carboxylic acids is 1. The molecule has 21 heavy (non-hydrogen) atoms. The molecule has 2 aromatic carbocycles. The van der Waals surface area contributed by atoms with Crippen molar-refractivity contribution in [1.29, 1.82) is 0 Å². The minimum atomic E-state index is -0.386. The van der Waals surface area contributed by atoms with Gasteiger partial charge in [0.1, 0.15) is 11.3 Å². The fourth-order valence-corrected chi connectivity index (χ4v) is 2.20. The molecule has 1 aromatic heterocycles. The van der Waals surface area contributed by atoms with Crippen molar-refractivity contribution in [2.24, 2.45) is 0 Å². The van der Waals surface area contributed by atoms with Gasteiger partial charge in [0.15, 0.2) is 0 Å². The molecule has 0 fully saturated rings. The van der Waals surface area contributed by atoms with Crippen LogP contribution in [0.1, 0.15) is 10.4 Å². The highest BCUT2D eigenvalue weighted by Gasteiger charge is 2.14. The maximum atomic E-state index is 13.6. The first kappa shape index (κ1) is 13.2. The van der Waals surface area contributed by atoms with Gasteiger partial charge in [-0.25, -0.2) is 4.39 Å². The highest BCUT2D eigenvalue weighted by atomic mass is 19.1. The fraction of sp³-hybridized carbons (Fsp3) is 0.0588. The average molecular weight is 280 g/mol. The lowest BCUT2D eigenvalue weighted by Crippen LogP contribution is -2.26. The number of rotatable bonds is 2. The third-order valence-electron chi connectivity index (χ3n) is 3.36. The molecule has 0 unspecified atom stereocenters. The minimum Gasteiger partial charge on any atom is -0.311 e. The van der Waals surface area contributed by atoms with Crippen molar-refractivity contribution in [3.8, 4) is 0 Å². The predicted molar refractivity (Wildman–Crippen MR) is 80.9 cm³/mol. The molecule has 0 spiro atoms. The summed E-state index contributed by atoms with van der Waals surface area (Å²) < 4.78 is 13.6. The van der Waals surface area contributed by atoms with E-state index in [2.05, 4.69) is 4.98 Å². The van der Waals surface area contributed by atoms with Crippen LogP contribution in [0.25, 0.3) is 10.9 Å². The molecule has 1 amide bonds. The Morgan fingerprint density at radius 2 is 1.86 bits per heavy atom. The number of hydrogen-bond acceptors (Lipinski definition) is 2. The molecule has 0 atom stereocenters. The second-order valence-electron chi connectivity index (χ2n) is 4.74. The quantitative estimate of drug-likeness (QED) is 0.718. The lowest BCUT2D eigenvalue weighted by molar-refractivity contribution is 0.0993. The summed E-state index contributed by atoms with van der Waals surface area (Å²) in [7, 11) is 1.70. The first-order chi connectivity index (χ1) is 10.2. The van der Waals surface area contributed by atoms with Crippen LogP contribution in [-0.2, 0) is 0 Å². The normalized spacial score (nSPS) is 10.6. The van der Waals surface area contributed by atoms with Crippen molar-refractivity contribution in [3.63, 3.8) is 0 Å². The number of amides is 1. The van der Waals surface area contributed by atoms with Gasteiger partial charge in [-0.05, 0) is 24.3 Å². The Morgan fingerprint density at radius 1 is 1.10 bits per heavy atom. The van der Waals surface area contributed by atoms with E-state index < -0.39 is 0 Å². The summed E-state index contributed by atoms with van der Waals surface area (Å²) in [5.41, 5.74) is 1.50. The standard InChI is InChI=1S/C17H13FN2O/c1-20(14-7-3-2-4-8-14)17(21)13-10-12-6-5-9-15(18)16(12)19-11-13/h2-11H,1H3. The summed E-state index contributed by atoms with van der Waals surface area (Å²) in [5.74, 6) is -0.567. The lowest BCUT2D eigenvalue weighted by atomic mass is 10.1. The van der Waals surface area contributed by atoms with E-state index in [9.17, 15) is 9.18 Å². The highest BCUT2D eigenvalue weighted by Crippen LogP contribution is 2.19. The van der Waals surface area contributed by atoms with Crippen molar-refractivity contribution in [2.45, 2.75) is 0 Å². The number of aromatic nitrogens is 1. The summed E-state index contributed by atoms with van der Waals surface area (Å²) in [6.45, 7) is 0. The van der Waals surface area contributed by atoms with Crippen molar-refractivity contribution in [3.05, 3.63) is 72.2 Å². The first-order valence-electron chi connectivity index (χ1n) is 6.54. The summed E-state index contributed by atoms with van der Waals surface area (Å²) >= 11 is 0. The summed E-state index contributed by atoms with van der Waals surface area (Å²) in [5, 5.41) is 0.613. The fourth-order valence-electron chi connectivity index (χ4n) is 2.20. The van der Waals surface area contributed by atoms with Gasteiger partial charge in [0, 0.05) is 24.3 Å². The zero-order valence-electron chi connectivity index (χ0n) is 11.5. The molecule has 0 N–H and O–H groups in total. The van der Waals surface area contributed by atoms with Crippen LogP contribution in [0.15, 0.2) is 60.8 Å². The smallest absolute Gasteiger partial charge is 0.259 e. The molecular weight excluding hydrogens is 267 g/mol. The molecule has 0 saturated carbocycles. The maximum absolute atomic E-state index is 13.6. The molecular formula is C17H13FN2O. The number of nitrogens with zero attached hydrogens (tertiary/aromatic N) is 2. The number of hydrogen-bond donors (Lipinski definition) is 0. The monoisotopic (exact) mass is 280 g/mol. The first-order valence-corrected chi connectivity index (χ1v) is 6.54. The maximum Gasteiger partial charge on any atom is 0.259 e. The Labute approximate surface area is 121 Å².